The third kappa shape index (κ3) is 23.6. The minimum absolute atomic E-state index is 0.00594. The number of nitrogens with one attached hydrogen (secondary N) is 10. The molecule has 27 nitrogen and oxygen atoms in total. The Hall–Kier alpha value is -9.76. The highest BCUT2D eigenvalue weighted by Crippen LogP contribution is 2.22. The molecule has 10 atom stereocenters. The Balaban J connectivity index is 1.48. The molecule has 0 aromatic heterocycles. The number of phenols is 1. The summed E-state index contributed by atoms with van der Waals surface area (Å²) in [4.78, 5) is 175. The number of benzene rings is 4. The van der Waals surface area contributed by atoms with Crippen LogP contribution in [0.25, 0.3) is 0 Å². The summed E-state index contributed by atoms with van der Waals surface area (Å²) in [6, 6.07) is 16.2. The summed E-state index contributed by atoms with van der Waals surface area (Å²) in [6.45, 7) is 5.42. The molecule has 2 aliphatic heterocycles. The van der Waals surface area contributed by atoms with Crippen LogP contribution in [0.1, 0.15) is 107 Å². The molecule has 2 aliphatic rings. The molecule has 95 heavy (non-hydrogen) atoms. The van der Waals surface area contributed by atoms with E-state index in [4.69, 9.17) is 11.5 Å². The Morgan fingerprint density at radius 3 is 1.35 bits per heavy atom. The first-order valence-electron chi connectivity index (χ1n) is 32.4. The summed E-state index contributed by atoms with van der Waals surface area (Å²) < 4.78 is 0. The highest BCUT2D eigenvalue weighted by atomic mass is 16.4. The summed E-state index contributed by atoms with van der Waals surface area (Å²) in [7, 11) is 0. The van der Waals surface area contributed by atoms with Crippen molar-refractivity contribution in [3.05, 3.63) is 138 Å². The topological polar surface area (TPSA) is 421 Å². The molecular formula is C68H91N13O14. The number of carboxylic acid groups (broad SMARTS) is 1. The maximum atomic E-state index is 15.1. The lowest BCUT2D eigenvalue weighted by Crippen LogP contribution is -2.62. The van der Waals surface area contributed by atoms with Crippen LogP contribution in [0, 0.1) is 5.92 Å². The Morgan fingerprint density at radius 1 is 0.484 bits per heavy atom. The van der Waals surface area contributed by atoms with E-state index < -0.39 is 150 Å². The van der Waals surface area contributed by atoms with Gasteiger partial charge in [0.05, 0.1) is 12.8 Å². The van der Waals surface area contributed by atoms with Gasteiger partial charge in [0.15, 0.2) is 0 Å². The van der Waals surface area contributed by atoms with Gasteiger partial charge in [0.2, 0.25) is 65.0 Å². The van der Waals surface area contributed by atoms with E-state index in [0.29, 0.717) is 41.5 Å². The summed E-state index contributed by atoms with van der Waals surface area (Å²) in [5.74, 6) is -12.2. The van der Waals surface area contributed by atoms with Gasteiger partial charge in [-0.25, -0.2) is 0 Å². The zero-order valence-electron chi connectivity index (χ0n) is 53.9. The van der Waals surface area contributed by atoms with Crippen LogP contribution in [0.2, 0.25) is 0 Å². The van der Waals surface area contributed by atoms with Crippen molar-refractivity contribution in [2.75, 3.05) is 26.2 Å². The molecule has 27 heteroatoms. The third-order valence-corrected chi connectivity index (χ3v) is 16.3. The van der Waals surface area contributed by atoms with Gasteiger partial charge in [-0.2, -0.15) is 0 Å². The van der Waals surface area contributed by atoms with Crippen molar-refractivity contribution in [2.24, 2.45) is 17.4 Å². The van der Waals surface area contributed by atoms with E-state index in [2.05, 4.69) is 53.2 Å². The number of aromatic hydroxyl groups is 1. The number of nitrogens with zero attached hydrogens (tertiary/aromatic N) is 1. The quantitative estimate of drug-likeness (QED) is 0.0459. The predicted octanol–water partition coefficient (Wildman–Crippen LogP) is -0.0545. The Bertz CT molecular complexity index is 3250. The minimum atomic E-state index is -1.86. The number of phenolic OH excluding ortho intramolecular Hbond substituents is 1. The van der Waals surface area contributed by atoms with E-state index in [1.807, 2.05) is 6.92 Å². The number of aliphatic carboxylic acids is 1. The number of unbranched alkanes of at least 4 members (excludes halogenated alkanes) is 1. The van der Waals surface area contributed by atoms with E-state index in [1.54, 1.807) is 105 Å². The molecule has 0 saturated carbocycles. The van der Waals surface area contributed by atoms with Gasteiger partial charge < -0.3 is 79.7 Å². The summed E-state index contributed by atoms with van der Waals surface area (Å²) in [5, 5.41) is 47.1. The van der Waals surface area contributed by atoms with E-state index in [-0.39, 0.29) is 89.7 Å². The smallest absolute Gasteiger partial charge is 0.305 e. The lowest BCUT2D eigenvalue weighted by atomic mass is 9.99. The first-order chi connectivity index (χ1) is 45.6. The van der Waals surface area contributed by atoms with Crippen molar-refractivity contribution in [1.29, 1.82) is 0 Å². The molecule has 16 N–H and O–H groups in total. The van der Waals surface area contributed by atoms with E-state index >= 15 is 14.4 Å². The van der Waals surface area contributed by atoms with Crippen molar-refractivity contribution in [2.45, 2.75) is 171 Å². The fourth-order valence-corrected chi connectivity index (χ4v) is 11.2. The molecule has 0 bridgehead atoms. The van der Waals surface area contributed by atoms with Gasteiger partial charge in [-0.15, -0.1) is 0 Å². The first-order valence-corrected chi connectivity index (χ1v) is 32.4. The second-order valence-corrected chi connectivity index (χ2v) is 24.2. The number of carbonyl (C=O) groups excluding carboxylic acids is 11. The van der Waals surface area contributed by atoms with Crippen molar-refractivity contribution in [3.8, 4) is 5.75 Å². The molecule has 11 amide bonds. The number of nitrogens with two attached hydrogens (primary N) is 2. The van der Waals surface area contributed by atoms with Crippen molar-refractivity contribution in [3.63, 3.8) is 0 Å². The normalized spacial score (nSPS) is 23.5. The molecule has 4 aromatic carbocycles. The number of rotatable bonds is 22. The Labute approximate surface area is 552 Å². The molecule has 2 heterocycles. The highest BCUT2D eigenvalue weighted by Gasteiger charge is 2.42. The van der Waals surface area contributed by atoms with Crippen LogP contribution in [0.15, 0.2) is 115 Å². The van der Waals surface area contributed by atoms with E-state index in [1.165, 1.54) is 29.2 Å². The first kappa shape index (κ1) is 74.3. The lowest BCUT2D eigenvalue weighted by Gasteiger charge is -2.31. The molecule has 0 radical (unpaired) electrons. The molecule has 6 rings (SSSR count). The van der Waals surface area contributed by atoms with Crippen LogP contribution in [0.3, 0.4) is 0 Å². The fourth-order valence-electron chi connectivity index (χ4n) is 11.2. The molecule has 0 aliphatic carbocycles. The van der Waals surface area contributed by atoms with Crippen LogP contribution in [0.5, 0.6) is 5.75 Å². The van der Waals surface area contributed by atoms with Crippen LogP contribution >= 0.6 is 0 Å². The molecular weight excluding hydrogens is 1220 g/mol. The van der Waals surface area contributed by atoms with Crippen LogP contribution in [-0.4, -0.2) is 173 Å². The number of hydrogen-bond acceptors (Lipinski definition) is 15. The molecule has 2 saturated heterocycles. The fraction of sp³-hybridized carbons (Fsp3) is 0.471. The maximum Gasteiger partial charge on any atom is 0.305 e. The molecule has 0 unspecified atom stereocenters. The summed E-state index contributed by atoms with van der Waals surface area (Å²) >= 11 is 0. The van der Waals surface area contributed by atoms with Crippen molar-refractivity contribution < 1.29 is 67.7 Å². The van der Waals surface area contributed by atoms with Crippen LogP contribution in [0.4, 0.5) is 0 Å². The van der Waals surface area contributed by atoms with Gasteiger partial charge >= 0.3 is 5.97 Å². The van der Waals surface area contributed by atoms with Gasteiger partial charge in [-0.3, -0.25) is 57.5 Å². The molecule has 0 spiro atoms. The average Bonchev–Trinajstić information content (AvgIpc) is 1.77. The highest BCUT2D eigenvalue weighted by molar-refractivity contribution is 6.01. The minimum Gasteiger partial charge on any atom is -0.508 e. The summed E-state index contributed by atoms with van der Waals surface area (Å²) in [5.41, 5.74) is 13.9. The van der Waals surface area contributed by atoms with Gasteiger partial charge in [0.1, 0.15) is 66.2 Å². The van der Waals surface area contributed by atoms with Crippen LogP contribution in [-0.2, 0) is 83.2 Å². The van der Waals surface area contributed by atoms with Gasteiger partial charge in [-0.05, 0) is 105 Å². The molecule has 512 valence electrons. The lowest BCUT2D eigenvalue weighted by molar-refractivity contribution is -0.144. The van der Waals surface area contributed by atoms with Gasteiger partial charge in [-0.1, -0.05) is 124 Å². The third-order valence-electron chi connectivity index (χ3n) is 16.3. The monoisotopic (exact) mass is 1310 g/mol. The van der Waals surface area contributed by atoms with E-state index in [9.17, 15) is 53.4 Å². The zero-order chi connectivity index (χ0) is 69.0. The maximum absolute atomic E-state index is 15.1. The van der Waals surface area contributed by atoms with Gasteiger partial charge in [0.25, 0.3) is 0 Å². The number of carbonyl (C=O) groups is 12. The summed E-state index contributed by atoms with van der Waals surface area (Å²) in [6.07, 6.45) is -0.951. The van der Waals surface area contributed by atoms with E-state index in [0.717, 1.165) is 0 Å². The molecule has 2 fully saturated rings. The average molecular weight is 1310 g/mol. The molecule has 4 aromatic rings. The Morgan fingerprint density at radius 2 is 0.874 bits per heavy atom. The predicted molar refractivity (Wildman–Crippen MR) is 351 cm³/mol. The number of hydrogen-bond donors (Lipinski definition) is 14. The van der Waals surface area contributed by atoms with Gasteiger partial charge in [0, 0.05) is 38.8 Å². The van der Waals surface area contributed by atoms with Crippen LogP contribution < -0.4 is 64.6 Å². The second-order valence-electron chi connectivity index (χ2n) is 24.2. The second kappa shape index (κ2) is 37.8. The number of carboxylic acids is 1. The largest absolute Gasteiger partial charge is 0.508 e. The number of fused-ring (bicyclic) bond motifs is 1. The number of amides is 11. The standard InChI is InChI=1S/C68H91N13O14/c1-4-33-71-56(83)39-52-63(90)72-47(24-14-15-31-69)59(86)74-51(37-45-27-29-46(82)30-28-45)65(92)80-58(41(2)3)67(94)73-48(25-16-32-70)60(87)77-53(40-57(84)85)64(91)79-54(38-44-22-12-7-13-23-44)68(95)81-34-17-26-55(81)66(93)78-50(36-43-20-10-6-11-21-43)62(89)75-49(61(88)76-52)35-42-18-8-5-9-19-42/h5-13,18-23,27-30,41,47-55,58,82H,4,14-17,24-26,31-40,69-70H2,1-3H3,(H,71,83)(H,72,90)(H,73,94)(H,74,86)(H,75,89)(H,76,88)(H,77,87)(H,78,93)(H,79,91)(H,80,92)(H,84,85)/t47-,48-,49+,50+,51-,52+,53-,54+,55-,58-/m0/s1. The zero-order valence-corrected chi connectivity index (χ0v) is 53.9. The van der Waals surface area contributed by atoms with Crippen molar-refractivity contribution in [1.82, 2.24) is 58.1 Å². The van der Waals surface area contributed by atoms with Crippen molar-refractivity contribution >= 4 is 70.9 Å². The Kier molecular flexibility index (Phi) is 29.6. The SMILES string of the molecule is CCCNC(=O)C[C@H]1NC(=O)[C@@H](Cc2ccccc2)NC(=O)[C@@H](Cc2ccccc2)NC(=O)[C@@H]2CCCN2C(=O)[C@@H](Cc2ccccc2)NC(=O)[C@H](CC(=O)O)NC(=O)[C@H](CCCN)NC(=O)[C@H](C(C)C)NC(=O)[C@H](Cc2ccc(O)cc2)NC(=O)[C@H](CCCCN)NC1=O.